The zero-order valence-electron chi connectivity index (χ0n) is 15.3. The van der Waals surface area contributed by atoms with E-state index in [1.165, 1.54) is 0 Å². The van der Waals surface area contributed by atoms with Gasteiger partial charge in [0.25, 0.3) is 0 Å². The maximum atomic E-state index is 12.8. The molecule has 8 heteroatoms. The summed E-state index contributed by atoms with van der Waals surface area (Å²) in [5, 5.41) is 8.90. The summed E-state index contributed by atoms with van der Waals surface area (Å²) in [6.45, 7) is 1.84. The van der Waals surface area contributed by atoms with Gasteiger partial charge in [0.1, 0.15) is 5.75 Å². The van der Waals surface area contributed by atoms with E-state index in [2.05, 4.69) is 0 Å². The number of amides is 2. The average Bonchev–Trinajstić information content (AvgIpc) is 3.02. The van der Waals surface area contributed by atoms with Crippen LogP contribution in [0.4, 0.5) is 0 Å². The SMILES string of the molecule is COc1ccc(CN2CC(C(=O)N3CCOC(CC(=O)O)C3)CC2=O)cc1. The Kier molecular flexibility index (Phi) is 5.95. The van der Waals surface area contributed by atoms with Crippen molar-refractivity contribution in [3.8, 4) is 5.75 Å². The molecular weight excluding hydrogens is 352 g/mol. The van der Waals surface area contributed by atoms with Crippen molar-refractivity contribution in [1.29, 1.82) is 0 Å². The molecule has 0 saturated carbocycles. The Bertz CT molecular complexity index is 705. The fourth-order valence-electron chi connectivity index (χ4n) is 3.54. The first kappa shape index (κ1) is 19.2. The van der Waals surface area contributed by atoms with Gasteiger partial charge in [-0.1, -0.05) is 12.1 Å². The first-order chi connectivity index (χ1) is 13.0. The van der Waals surface area contributed by atoms with Crippen LogP contribution in [0.1, 0.15) is 18.4 Å². The minimum Gasteiger partial charge on any atom is -0.497 e. The largest absolute Gasteiger partial charge is 0.497 e. The number of hydrogen-bond donors (Lipinski definition) is 1. The Labute approximate surface area is 157 Å². The van der Waals surface area contributed by atoms with Crippen LogP contribution in [0.3, 0.4) is 0 Å². The van der Waals surface area contributed by atoms with Gasteiger partial charge in [0.05, 0.1) is 32.2 Å². The monoisotopic (exact) mass is 376 g/mol. The molecule has 1 N–H and O–H groups in total. The van der Waals surface area contributed by atoms with Gasteiger partial charge in [-0.15, -0.1) is 0 Å². The maximum absolute atomic E-state index is 12.8. The lowest BCUT2D eigenvalue weighted by Crippen LogP contribution is -2.48. The van der Waals surface area contributed by atoms with Crippen LogP contribution in [-0.2, 0) is 25.7 Å². The van der Waals surface area contributed by atoms with Gasteiger partial charge in [0.15, 0.2) is 0 Å². The summed E-state index contributed by atoms with van der Waals surface area (Å²) in [5.74, 6) is -0.725. The number of carbonyl (C=O) groups excluding carboxylic acids is 2. The maximum Gasteiger partial charge on any atom is 0.306 e. The number of carboxylic acid groups (broad SMARTS) is 1. The molecule has 1 aromatic rings. The van der Waals surface area contributed by atoms with Crippen molar-refractivity contribution in [1.82, 2.24) is 9.80 Å². The van der Waals surface area contributed by atoms with Gasteiger partial charge in [0.2, 0.25) is 11.8 Å². The zero-order chi connectivity index (χ0) is 19.4. The van der Waals surface area contributed by atoms with Crippen LogP contribution < -0.4 is 4.74 Å². The Morgan fingerprint density at radius 3 is 2.67 bits per heavy atom. The number of rotatable bonds is 6. The summed E-state index contributed by atoms with van der Waals surface area (Å²) in [5.41, 5.74) is 0.977. The van der Waals surface area contributed by atoms with E-state index in [1.807, 2.05) is 24.3 Å². The third kappa shape index (κ3) is 4.77. The van der Waals surface area contributed by atoms with Gasteiger partial charge < -0.3 is 24.4 Å². The average molecular weight is 376 g/mol. The predicted octanol–water partition coefficient (Wildman–Crippen LogP) is 0.746. The lowest BCUT2D eigenvalue weighted by molar-refractivity contribution is -0.149. The summed E-state index contributed by atoms with van der Waals surface area (Å²) in [7, 11) is 1.60. The second kappa shape index (κ2) is 8.39. The van der Waals surface area contributed by atoms with Crippen molar-refractivity contribution < 1.29 is 29.0 Å². The molecule has 2 fully saturated rings. The normalized spacial score (nSPS) is 22.8. The molecule has 0 spiro atoms. The number of nitrogens with zero attached hydrogens (tertiary/aromatic N) is 2. The molecule has 2 atom stereocenters. The molecule has 2 heterocycles. The highest BCUT2D eigenvalue weighted by molar-refractivity contribution is 5.89. The van der Waals surface area contributed by atoms with E-state index in [0.717, 1.165) is 11.3 Å². The minimum atomic E-state index is -0.948. The van der Waals surface area contributed by atoms with Gasteiger partial charge >= 0.3 is 5.97 Å². The summed E-state index contributed by atoms with van der Waals surface area (Å²) in [6.07, 6.45) is -0.430. The molecule has 3 rings (SSSR count). The molecule has 0 aromatic heterocycles. The fourth-order valence-corrected chi connectivity index (χ4v) is 3.54. The second-order valence-corrected chi connectivity index (χ2v) is 6.90. The first-order valence-electron chi connectivity index (χ1n) is 8.99. The van der Waals surface area contributed by atoms with E-state index in [4.69, 9.17) is 14.6 Å². The van der Waals surface area contributed by atoms with E-state index in [9.17, 15) is 14.4 Å². The zero-order valence-corrected chi connectivity index (χ0v) is 15.3. The van der Waals surface area contributed by atoms with Crippen LogP contribution in [0.5, 0.6) is 5.75 Å². The Morgan fingerprint density at radius 1 is 1.26 bits per heavy atom. The lowest BCUT2D eigenvalue weighted by atomic mass is 10.1. The number of ether oxygens (including phenoxy) is 2. The van der Waals surface area contributed by atoms with Crippen LogP contribution in [0.15, 0.2) is 24.3 Å². The number of likely N-dealkylation sites (tertiary alicyclic amines) is 1. The molecule has 0 bridgehead atoms. The van der Waals surface area contributed by atoms with E-state index in [1.54, 1.807) is 16.9 Å². The minimum absolute atomic E-state index is 0.0421. The van der Waals surface area contributed by atoms with Crippen LogP contribution >= 0.6 is 0 Å². The van der Waals surface area contributed by atoms with Crippen molar-refractivity contribution in [2.24, 2.45) is 5.92 Å². The number of carboxylic acids is 1. The quantitative estimate of drug-likeness (QED) is 0.787. The summed E-state index contributed by atoms with van der Waals surface area (Å²) >= 11 is 0. The van der Waals surface area contributed by atoms with Crippen LogP contribution in [-0.4, -0.2) is 72.1 Å². The van der Waals surface area contributed by atoms with E-state index >= 15 is 0 Å². The highest BCUT2D eigenvalue weighted by Crippen LogP contribution is 2.24. The molecular formula is C19H24N2O6. The molecule has 2 aliphatic rings. The number of methoxy groups -OCH3 is 1. The van der Waals surface area contributed by atoms with Crippen molar-refractivity contribution in [2.75, 3.05) is 33.4 Å². The number of aliphatic carboxylic acids is 1. The van der Waals surface area contributed by atoms with Gasteiger partial charge in [-0.2, -0.15) is 0 Å². The molecule has 27 heavy (non-hydrogen) atoms. The van der Waals surface area contributed by atoms with Gasteiger partial charge in [-0.3, -0.25) is 14.4 Å². The number of hydrogen-bond acceptors (Lipinski definition) is 5. The van der Waals surface area contributed by atoms with Crippen molar-refractivity contribution in [2.45, 2.75) is 25.5 Å². The smallest absolute Gasteiger partial charge is 0.306 e. The van der Waals surface area contributed by atoms with Gasteiger partial charge in [0, 0.05) is 32.6 Å². The summed E-state index contributed by atoms with van der Waals surface area (Å²) in [4.78, 5) is 39.3. The molecule has 8 nitrogen and oxygen atoms in total. The van der Waals surface area contributed by atoms with Gasteiger partial charge in [-0.05, 0) is 17.7 Å². The van der Waals surface area contributed by atoms with Crippen molar-refractivity contribution in [3.63, 3.8) is 0 Å². The highest BCUT2D eigenvalue weighted by atomic mass is 16.5. The Morgan fingerprint density at radius 2 is 2.00 bits per heavy atom. The lowest BCUT2D eigenvalue weighted by Gasteiger charge is -2.33. The van der Waals surface area contributed by atoms with Crippen molar-refractivity contribution >= 4 is 17.8 Å². The van der Waals surface area contributed by atoms with Crippen LogP contribution in [0.25, 0.3) is 0 Å². The highest BCUT2D eigenvalue weighted by Gasteiger charge is 2.38. The standard InChI is InChI=1S/C19H24N2O6/c1-26-15-4-2-13(3-5-15)10-21-11-14(8-17(21)22)19(25)20-6-7-27-16(12-20)9-18(23)24/h2-5,14,16H,6-12H2,1H3,(H,23,24). The van der Waals surface area contributed by atoms with Crippen molar-refractivity contribution in [3.05, 3.63) is 29.8 Å². The molecule has 0 radical (unpaired) electrons. The molecule has 2 amide bonds. The molecule has 146 valence electrons. The van der Waals surface area contributed by atoms with E-state index < -0.39 is 12.1 Å². The fraction of sp³-hybridized carbons (Fsp3) is 0.526. The van der Waals surface area contributed by atoms with Gasteiger partial charge in [-0.25, -0.2) is 0 Å². The molecule has 2 aliphatic heterocycles. The number of carbonyl (C=O) groups is 3. The molecule has 1 aromatic carbocycles. The topological polar surface area (TPSA) is 96.4 Å². The number of benzene rings is 1. The Balaban J connectivity index is 1.57. The van der Waals surface area contributed by atoms with Crippen LogP contribution in [0, 0.1) is 5.92 Å². The van der Waals surface area contributed by atoms with Crippen LogP contribution in [0.2, 0.25) is 0 Å². The predicted molar refractivity (Wildman–Crippen MR) is 95.1 cm³/mol. The molecule has 2 unspecified atom stereocenters. The third-order valence-electron chi connectivity index (χ3n) is 4.95. The Hall–Kier alpha value is -2.61. The molecule has 2 saturated heterocycles. The second-order valence-electron chi connectivity index (χ2n) is 6.90. The summed E-state index contributed by atoms with van der Waals surface area (Å²) < 4.78 is 10.5. The molecule has 0 aliphatic carbocycles. The first-order valence-corrected chi connectivity index (χ1v) is 8.99. The summed E-state index contributed by atoms with van der Waals surface area (Å²) in [6, 6.07) is 7.49. The van der Waals surface area contributed by atoms with E-state index in [-0.39, 0.29) is 37.1 Å². The van der Waals surface area contributed by atoms with E-state index in [0.29, 0.717) is 26.2 Å². The third-order valence-corrected chi connectivity index (χ3v) is 4.95. The number of morpholine rings is 1.